The fraction of sp³-hybridized carbons (Fsp3) is 0.700. The second kappa shape index (κ2) is 3.50. The highest BCUT2D eigenvalue weighted by Gasteiger charge is 2.32. The van der Waals surface area contributed by atoms with Crippen molar-refractivity contribution in [1.29, 1.82) is 0 Å². The fourth-order valence-electron chi connectivity index (χ4n) is 1.56. The van der Waals surface area contributed by atoms with E-state index in [2.05, 4.69) is 32.4 Å². The minimum Gasteiger partial charge on any atom is -0.336 e. The number of carbonyl (C=O) groups is 1. The van der Waals surface area contributed by atoms with Crippen molar-refractivity contribution < 1.29 is 4.79 Å². The van der Waals surface area contributed by atoms with Crippen molar-refractivity contribution in [2.45, 2.75) is 19.4 Å². The van der Waals surface area contributed by atoms with Crippen LogP contribution in [0, 0.1) is 0 Å². The summed E-state index contributed by atoms with van der Waals surface area (Å²) in [6.07, 6.45) is 1.39. The zero-order chi connectivity index (χ0) is 10.1. The molecule has 0 aromatic heterocycles. The van der Waals surface area contributed by atoms with Crippen LogP contribution in [-0.4, -0.2) is 47.9 Å². The first-order valence-corrected chi connectivity index (χ1v) is 4.60. The van der Waals surface area contributed by atoms with Crippen LogP contribution >= 0.6 is 0 Å². The molecule has 1 fully saturated rings. The molecule has 3 heteroatoms. The Morgan fingerprint density at radius 3 is 2.54 bits per heavy atom. The largest absolute Gasteiger partial charge is 0.336 e. The lowest BCUT2D eigenvalue weighted by Crippen LogP contribution is -2.58. The Balaban J connectivity index is 2.65. The number of amides is 1. The standard InChI is InChI=1S/C10H18N2O/c1-5-9(13)12-7-6-11(4)10(2,3)8-12/h5H,1,6-8H2,2-4H3. The number of hydrogen-bond donors (Lipinski definition) is 0. The molecule has 1 saturated heterocycles. The Morgan fingerprint density at radius 2 is 2.08 bits per heavy atom. The molecule has 0 bridgehead atoms. The average molecular weight is 182 g/mol. The van der Waals surface area contributed by atoms with Gasteiger partial charge in [0.1, 0.15) is 0 Å². The number of likely N-dealkylation sites (N-methyl/N-ethyl adjacent to an activating group) is 1. The predicted molar refractivity (Wildman–Crippen MR) is 53.5 cm³/mol. The highest BCUT2D eigenvalue weighted by molar-refractivity contribution is 5.87. The number of piperazine rings is 1. The van der Waals surface area contributed by atoms with E-state index in [1.54, 1.807) is 0 Å². The van der Waals surface area contributed by atoms with Gasteiger partial charge in [0.05, 0.1) is 0 Å². The number of nitrogens with zero attached hydrogens (tertiary/aromatic N) is 2. The molecule has 0 atom stereocenters. The molecule has 3 nitrogen and oxygen atoms in total. The molecule has 1 amide bonds. The Hall–Kier alpha value is -0.830. The van der Waals surface area contributed by atoms with E-state index in [4.69, 9.17) is 0 Å². The smallest absolute Gasteiger partial charge is 0.246 e. The number of rotatable bonds is 1. The van der Waals surface area contributed by atoms with E-state index in [9.17, 15) is 4.79 Å². The number of carbonyl (C=O) groups excluding carboxylic acids is 1. The molecule has 74 valence electrons. The van der Waals surface area contributed by atoms with E-state index < -0.39 is 0 Å². The molecule has 1 aliphatic heterocycles. The molecule has 13 heavy (non-hydrogen) atoms. The lowest BCUT2D eigenvalue weighted by molar-refractivity contribution is -0.130. The van der Waals surface area contributed by atoms with Gasteiger partial charge < -0.3 is 4.90 Å². The van der Waals surface area contributed by atoms with Crippen LogP contribution in [-0.2, 0) is 4.79 Å². The van der Waals surface area contributed by atoms with Crippen molar-refractivity contribution >= 4 is 5.91 Å². The summed E-state index contributed by atoms with van der Waals surface area (Å²) in [6, 6.07) is 0. The van der Waals surface area contributed by atoms with Crippen LogP contribution in [0.4, 0.5) is 0 Å². The third-order valence-corrected chi connectivity index (χ3v) is 2.80. The highest BCUT2D eigenvalue weighted by Crippen LogP contribution is 2.18. The van der Waals surface area contributed by atoms with Crippen molar-refractivity contribution in [2.75, 3.05) is 26.7 Å². The lowest BCUT2D eigenvalue weighted by atomic mass is 10.00. The SMILES string of the molecule is C=CC(=O)N1CCN(C)C(C)(C)C1. The second-order valence-electron chi connectivity index (χ2n) is 4.20. The third kappa shape index (κ3) is 2.10. The van der Waals surface area contributed by atoms with Crippen molar-refractivity contribution in [3.05, 3.63) is 12.7 Å². The van der Waals surface area contributed by atoms with Crippen LogP contribution < -0.4 is 0 Å². The first-order valence-electron chi connectivity index (χ1n) is 4.60. The molecular weight excluding hydrogens is 164 g/mol. The fourth-order valence-corrected chi connectivity index (χ4v) is 1.56. The summed E-state index contributed by atoms with van der Waals surface area (Å²) in [5, 5.41) is 0. The van der Waals surface area contributed by atoms with Crippen LogP contribution in [0.2, 0.25) is 0 Å². The minimum atomic E-state index is 0.0428. The van der Waals surface area contributed by atoms with Crippen LogP contribution in [0.25, 0.3) is 0 Å². The van der Waals surface area contributed by atoms with E-state index >= 15 is 0 Å². The topological polar surface area (TPSA) is 23.6 Å². The van der Waals surface area contributed by atoms with Crippen LogP contribution in [0.3, 0.4) is 0 Å². The van der Waals surface area contributed by atoms with Gasteiger partial charge in [0, 0.05) is 25.2 Å². The van der Waals surface area contributed by atoms with E-state index in [0.29, 0.717) is 0 Å². The van der Waals surface area contributed by atoms with Gasteiger partial charge in [-0.1, -0.05) is 6.58 Å². The molecule has 0 spiro atoms. The summed E-state index contributed by atoms with van der Waals surface area (Å²) in [7, 11) is 2.09. The average Bonchev–Trinajstić information content (AvgIpc) is 2.08. The molecular formula is C10H18N2O. The van der Waals surface area contributed by atoms with Gasteiger partial charge in [0.2, 0.25) is 5.91 Å². The van der Waals surface area contributed by atoms with Gasteiger partial charge in [0.15, 0.2) is 0 Å². The Labute approximate surface area is 80.0 Å². The van der Waals surface area contributed by atoms with Crippen molar-refractivity contribution in [3.8, 4) is 0 Å². The quantitative estimate of drug-likeness (QED) is 0.558. The summed E-state index contributed by atoms with van der Waals surface area (Å²) in [6.45, 7) is 10.3. The molecule has 0 aromatic carbocycles. The minimum absolute atomic E-state index is 0.0428. The van der Waals surface area contributed by atoms with E-state index in [1.165, 1.54) is 6.08 Å². The molecule has 0 unspecified atom stereocenters. The Bertz CT molecular complexity index is 223. The third-order valence-electron chi connectivity index (χ3n) is 2.80. The van der Waals surface area contributed by atoms with E-state index in [-0.39, 0.29) is 11.4 Å². The van der Waals surface area contributed by atoms with Gasteiger partial charge in [-0.2, -0.15) is 0 Å². The normalized spacial score (nSPS) is 22.8. The molecule has 0 aliphatic carbocycles. The molecule has 0 N–H and O–H groups in total. The Kier molecular flexibility index (Phi) is 2.76. The molecule has 0 radical (unpaired) electrons. The first kappa shape index (κ1) is 10.3. The van der Waals surface area contributed by atoms with Gasteiger partial charge in [0.25, 0.3) is 0 Å². The summed E-state index contributed by atoms with van der Waals surface area (Å²) in [5.74, 6) is 0.0428. The molecule has 1 heterocycles. The highest BCUT2D eigenvalue weighted by atomic mass is 16.2. The van der Waals surface area contributed by atoms with Crippen molar-refractivity contribution in [1.82, 2.24) is 9.80 Å². The second-order valence-corrected chi connectivity index (χ2v) is 4.20. The maximum atomic E-state index is 11.4. The molecule has 0 aromatic rings. The zero-order valence-corrected chi connectivity index (χ0v) is 8.71. The monoisotopic (exact) mass is 182 g/mol. The molecule has 1 aliphatic rings. The Morgan fingerprint density at radius 1 is 1.46 bits per heavy atom. The molecule has 1 rings (SSSR count). The number of hydrogen-bond acceptors (Lipinski definition) is 2. The maximum absolute atomic E-state index is 11.4. The van der Waals surface area contributed by atoms with Gasteiger partial charge >= 0.3 is 0 Å². The van der Waals surface area contributed by atoms with Gasteiger partial charge in [-0.25, -0.2) is 0 Å². The zero-order valence-electron chi connectivity index (χ0n) is 8.71. The molecule has 0 saturated carbocycles. The van der Waals surface area contributed by atoms with Crippen molar-refractivity contribution in [2.24, 2.45) is 0 Å². The van der Waals surface area contributed by atoms with Crippen LogP contribution in [0.5, 0.6) is 0 Å². The van der Waals surface area contributed by atoms with E-state index in [0.717, 1.165) is 19.6 Å². The van der Waals surface area contributed by atoms with Crippen LogP contribution in [0.15, 0.2) is 12.7 Å². The summed E-state index contributed by atoms with van der Waals surface area (Å²) in [4.78, 5) is 15.5. The van der Waals surface area contributed by atoms with E-state index in [1.807, 2.05) is 4.90 Å². The van der Waals surface area contributed by atoms with Crippen LogP contribution in [0.1, 0.15) is 13.8 Å². The predicted octanol–water partition coefficient (Wildman–Crippen LogP) is 0.725. The van der Waals surface area contributed by atoms with Gasteiger partial charge in [-0.15, -0.1) is 0 Å². The summed E-state index contributed by atoms with van der Waals surface area (Å²) in [5.41, 5.74) is 0.0803. The van der Waals surface area contributed by atoms with Gasteiger partial charge in [-0.05, 0) is 27.0 Å². The first-order chi connectivity index (χ1) is 5.97. The lowest BCUT2D eigenvalue weighted by Gasteiger charge is -2.45. The van der Waals surface area contributed by atoms with Crippen molar-refractivity contribution in [3.63, 3.8) is 0 Å². The van der Waals surface area contributed by atoms with Gasteiger partial charge in [-0.3, -0.25) is 9.69 Å². The summed E-state index contributed by atoms with van der Waals surface area (Å²) < 4.78 is 0. The maximum Gasteiger partial charge on any atom is 0.246 e. The summed E-state index contributed by atoms with van der Waals surface area (Å²) >= 11 is 0.